The summed E-state index contributed by atoms with van der Waals surface area (Å²) in [6, 6.07) is 20.9. The van der Waals surface area contributed by atoms with Gasteiger partial charge in [-0.15, -0.1) is 0 Å². The molecule has 51 heavy (non-hydrogen) atoms. The largest absolute Gasteiger partial charge is 0.619 e. The normalized spacial score (nSPS) is 18.3. The number of hydrogen-bond acceptors (Lipinski definition) is 9. The molecule has 3 aromatic carbocycles. The van der Waals surface area contributed by atoms with Crippen molar-refractivity contribution < 1.29 is 33.3 Å². The molecule has 264 valence electrons. The van der Waals surface area contributed by atoms with Crippen LogP contribution in [0.1, 0.15) is 51.6 Å². The molecule has 1 unspecified atom stereocenters. The lowest BCUT2D eigenvalue weighted by atomic mass is 9.86. The van der Waals surface area contributed by atoms with Gasteiger partial charge in [-0.05, 0) is 79.4 Å². The Balaban J connectivity index is 1.23. The van der Waals surface area contributed by atoms with Crippen molar-refractivity contribution in [3.8, 4) is 17.6 Å². The second kappa shape index (κ2) is 15.9. The Hall–Kier alpha value is -5.02. The van der Waals surface area contributed by atoms with Crippen LogP contribution >= 0.6 is 23.2 Å². The van der Waals surface area contributed by atoms with Crippen LogP contribution in [0.3, 0.4) is 0 Å². The van der Waals surface area contributed by atoms with Crippen LogP contribution in [-0.4, -0.2) is 56.9 Å². The Kier molecular flexibility index (Phi) is 11.2. The van der Waals surface area contributed by atoms with E-state index in [4.69, 9.17) is 42.1 Å². The second-order valence-electron chi connectivity index (χ2n) is 12.5. The van der Waals surface area contributed by atoms with Gasteiger partial charge in [0.2, 0.25) is 0 Å². The summed E-state index contributed by atoms with van der Waals surface area (Å²) in [5.74, 6) is 0.607. The van der Waals surface area contributed by atoms with E-state index in [1.807, 2.05) is 0 Å². The minimum Gasteiger partial charge on any atom is -0.619 e. The van der Waals surface area contributed by atoms with Gasteiger partial charge >= 0.3 is 12.1 Å². The summed E-state index contributed by atoms with van der Waals surface area (Å²) in [7, 11) is 3.02. The summed E-state index contributed by atoms with van der Waals surface area (Å²) < 4.78 is 23.5. The zero-order chi connectivity index (χ0) is 36.1. The molecule has 1 amide bonds. The van der Waals surface area contributed by atoms with Crippen molar-refractivity contribution in [2.24, 2.45) is 5.92 Å². The van der Waals surface area contributed by atoms with E-state index < -0.39 is 18.2 Å². The summed E-state index contributed by atoms with van der Waals surface area (Å²) in [4.78, 5) is 31.1. The number of piperidine rings is 3. The zero-order valence-electron chi connectivity index (χ0n) is 28.1. The van der Waals surface area contributed by atoms with E-state index in [0.29, 0.717) is 56.6 Å². The average Bonchev–Trinajstić information content (AvgIpc) is 3.15. The summed E-state index contributed by atoms with van der Waals surface area (Å²) in [6.45, 7) is 2.83. The SMILES string of the molecule is COc1ccc(C(Cc2c(Cl)c[n+]([O-])cc2Cl)OC(=O)c2ccc(CN(C(=O)O[C@H]3CN4CCC3CC4)c3ccccc3C#N)cc2)cc1OC. The average molecular weight is 732 g/mol. The number of pyridine rings is 1. The van der Waals surface area contributed by atoms with E-state index >= 15 is 0 Å². The molecule has 0 saturated carbocycles. The molecule has 0 spiro atoms. The fourth-order valence-electron chi connectivity index (χ4n) is 6.61. The third-order valence-corrected chi connectivity index (χ3v) is 10.0. The van der Waals surface area contributed by atoms with Crippen LogP contribution in [0.25, 0.3) is 0 Å². The van der Waals surface area contributed by atoms with Crippen molar-refractivity contribution in [1.29, 1.82) is 5.26 Å². The predicted octanol–water partition coefficient (Wildman–Crippen LogP) is 6.89. The number of fused-ring (bicyclic) bond motifs is 3. The number of para-hydroxylation sites is 1. The first-order valence-corrected chi connectivity index (χ1v) is 17.2. The first-order valence-electron chi connectivity index (χ1n) is 16.5. The smallest absolute Gasteiger partial charge is 0.414 e. The van der Waals surface area contributed by atoms with E-state index in [0.717, 1.165) is 25.9 Å². The van der Waals surface area contributed by atoms with Crippen LogP contribution in [0.2, 0.25) is 10.0 Å². The summed E-state index contributed by atoms with van der Waals surface area (Å²) in [5, 5.41) is 22.0. The highest BCUT2D eigenvalue weighted by Gasteiger charge is 2.37. The minimum atomic E-state index is -0.881. The maximum Gasteiger partial charge on any atom is 0.414 e. The van der Waals surface area contributed by atoms with Gasteiger partial charge in [0.1, 0.15) is 28.3 Å². The number of aromatic nitrogens is 1. The summed E-state index contributed by atoms with van der Waals surface area (Å²) in [6.07, 6.45) is 2.78. The van der Waals surface area contributed by atoms with Crippen molar-refractivity contribution >= 4 is 41.0 Å². The number of halogens is 2. The van der Waals surface area contributed by atoms with Crippen molar-refractivity contribution in [2.45, 2.75) is 38.0 Å². The van der Waals surface area contributed by atoms with Crippen LogP contribution in [0, 0.1) is 22.5 Å². The number of methoxy groups -OCH3 is 2. The predicted molar refractivity (Wildman–Crippen MR) is 190 cm³/mol. The fraction of sp³-hybridized carbons (Fsp3) is 0.316. The molecule has 1 aromatic heterocycles. The zero-order valence-corrected chi connectivity index (χ0v) is 29.6. The van der Waals surface area contributed by atoms with Gasteiger partial charge in [0, 0.05) is 18.5 Å². The van der Waals surface area contributed by atoms with Gasteiger partial charge in [-0.1, -0.05) is 53.5 Å². The number of ether oxygens (including phenoxy) is 4. The van der Waals surface area contributed by atoms with Crippen molar-refractivity contribution in [1.82, 2.24) is 4.90 Å². The third-order valence-electron chi connectivity index (χ3n) is 9.39. The molecule has 0 N–H and O–H groups in total. The molecule has 2 bridgehead atoms. The molecule has 0 radical (unpaired) electrons. The Labute approximate surface area is 306 Å². The molecule has 3 saturated heterocycles. The highest BCUT2D eigenvalue weighted by Crippen LogP contribution is 2.36. The van der Waals surface area contributed by atoms with E-state index in [1.54, 1.807) is 66.7 Å². The fourth-order valence-corrected chi connectivity index (χ4v) is 7.21. The first kappa shape index (κ1) is 35.8. The molecule has 2 atom stereocenters. The monoisotopic (exact) mass is 730 g/mol. The molecule has 4 aromatic rings. The van der Waals surface area contributed by atoms with Crippen LogP contribution in [0.4, 0.5) is 10.5 Å². The van der Waals surface area contributed by atoms with Gasteiger partial charge in [-0.2, -0.15) is 9.99 Å². The van der Waals surface area contributed by atoms with Gasteiger partial charge < -0.3 is 24.2 Å². The molecular formula is C38H36Cl2N4O7. The van der Waals surface area contributed by atoms with E-state index in [9.17, 15) is 20.1 Å². The van der Waals surface area contributed by atoms with Gasteiger partial charge in [0.25, 0.3) is 0 Å². The van der Waals surface area contributed by atoms with Crippen molar-refractivity contribution in [3.05, 3.63) is 122 Å². The molecular weight excluding hydrogens is 695 g/mol. The number of nitrogens with zero attached hydrogens (tertiary/aromatic N) is 4. The van der Waals surface area contributed by atoms with Crippen LogP contribution in [-0.2, 0) is 22.4 Å². The second-order valence-corrected chi connectivity index (χ2v) is 13.3. The van der Waals surface area contributed by atoms with Crippen LogP contribution < -0.4 is 19.1 Å². The number of amides is 1. The van der Waals surface area contributed by atoms with Crippen molar-refractivity contribution in [3.63, 3.8) is 0 Å². The highest BCUT2D eigenvalue weighted by molar-refractivity contribution is 6.35. The Bertz CT molecular complexity index is 1920. The summed E-state index contributed by atoms with van der Waals surface area (Å²) >= 11 is 12.8. The molecule has 3 fully saturated rings. The summed E-state index contributed by atoms with van der Waals surface area (Å²) in [5.41, 5.74) is 2.75. The lowest BCUT2D eigenvalue weighted by Crippen LogP contribution is -2.53. The number of esters is 1. The highest BCUT2D eigenvalue weighted by atomic mass is 35.5. The molecule has 13 heteroatoms. The first-order chi connectivity index (χ1) is 24.7. The number of carbonyl (C=O) groups is 2. The van der Waals surface area contributed by atoms with E-state index in [2.05, 4.69) is 11.0 Å². The van der Waals surface area contributed by atoms with Crippen LogP contribution in [0.5, 0.6) is 11.5 Å². The number of anilines is 1. The molecule has 11 nitrogen and oxygen atoms in total. The number of carbonyl (C=O) groups excluding carboxylic acids is 2. The Morgan fingerprint density at radius 2 is 1.69 bits per heavy atom. The maximum absolute atomic E-state index is 13.7. The molecule has 3 aliphatic rings. The third kappa shape index (κ3) is 8.15. The van der Waals surface area contributed by atoms with Gasteiger partial charge in [-0.3, -0.25) is 9.80 Å². The Morgan fingerprint density at radius 1 is 1.00 bits per heavy atom. The van der Waals surface area contributed by atoms with Gasteiger partial charge in [0.15, 0.2) is 23.9 Å². The standard InChI is InChI=1S/C38H36Cl2N4O7/c1-48-33-12-11-27(17-35(33)49-2)34(18-29-30(39)21-43(47)22-31(29)40)50-37(45)26-9-7-24(8-10-26)20-44(32-6-4-3-5-28(32)19-41)38(46)51-36-23-42-15-13-25(36)14-16-42/h3-12,17,21-22,25,34,36H,13-16,18,20,23H2,1-2H3/t34?,36-/m0/s1. The van der Waals surface area contributed by atoms with E-state index in [-0.39, 0.29) is 34.7 Å². The lowest BCUT2D eigenvalue weighted by molar-refractivity contribution is -0.605. The Morgan fingerprint density at radius 3 is 2.31 bits per heavy atom. The molecule has 7 rings (SSSR count). The number of rotatable bonds is 11. The lowest BCUT2D eigenvalue weighted by Gasteiger charge is -2.44. The molecule has 3 aliphatic heterocycles. The van der Waals surface area contributed by atoms with Gasteiger partial charge in [0.05, 0.1) is 37.6 Å². The topological polar surface area (TPSA) is 128 Å². The van der Waals surface area contributed by atoms with E-state index in [1.165, 1.54) is 31.5 Å². The molecule has 4 heterocycles. The quantitative estimate of drug-likeness (QED) is 0.0920. The number of nitriles is 1. The van der Waals surface area contributed by atoms with Crippen LogP contribution in [0.15, 0.2) is 79.1 Å². The number of hydrogen-bond donors (Lipinski definition) is 0. The number of benzene rings is 3. The maximum atomic E-state index is 13.7. The van der Waals surface area contributed by atoms with Gasteiger partial charge in [-0.25, -0.2) is 9.59 Å². The van der Waals surface area contributed by atoms with Crippen molar-refractivity contribution in [2.75, 3.05) is 38.8 Å². The molecule has 0 aliphatic carbocycles. The minimum absolute atomic E-state index is 0.0623.